The van der Waals surface area contributed by atoms with Crippen molar-refractivity contribution in [1.29, 1.82) is 0 Å². The molecule has 0 atom stereocenters. The van der Waals surface area contributed by atoms with E-state index in [1.165, 1.54) is 18.3 Å². The van der Waals surface area contributed by atoms with Gasteiger partial charge in [-0.25, -0.2) is 14.2 Å². The van der Waals surface area contributed by atoms with E-state index in [4.69, 9.17) is 0 Å². The summed E-state index contributed by atoms with van der Waals surface area (Å²) in [7, 11) is 0. The molecular weight excluding hydrogens is 740 g/mol. The van der Waals surface area contributed by atoms with E-state index in [-0.39, 0.29) is 35.4 Å². The average Bonchev–Trinajstić information content (AvgIpc) is 3.85. The molecule has 3 amide bonds. The van der Waals surface area contributed by atoms with E-state index in [2.05, 4.69) is 30.4 Å². The maximum atomic E-state index is 13.5. The molecule has 292 valence electrons. The molecule has 16 heteroatoms. The fraction of sp³-hybridized carbons (Fsp3) is 0.293. The number of hydrogen-bond donors (Lipinski definition) is 1. The summed E-state index contributed by atoms with van der Waals surface area (Å²) in [6, 6.07) is 22.0. The summed E-state index contributed by atoms with van der Waals surface area (Å²) in [5.74, 6) is -0.947. The summed E-state index contributed by atoms with van der Waals surface area (Å²) >= 11 is 0. The topological polar surface area (TPSA) is 140 Å². The Kier molecular flexibility index (Phi) is 9.93. The zero-order valence-corrected chi connectivity index (χ0v) is 31.1. The average molecular weight is 778 g/mol. The Hall–Kier alpha value is -6.58. The number of nitrogens with one attached hydrogen (secondary N) is 1. The third kappa shape index (κ3) is 8.06. The van der Waals surface area contributed by atoms with Crippen molar-refractivity contribution in [2.24, 2.45) is 5.92 Å². The molecule has 3 aromatic heterocycles. The van der Waals surface area contributed by atoms with Gasteiger partial charge in [0.1, 0.15) is 17.0 Å². The Morgan fingerprint density at radius 3 is 2.30 bits per heavy atom. The number of likely N-dealkylation sites (tertiary alicyclic amines) is 2. The van der Waals surface area contributed by atoms with Crippen LogP contribution in [0.3, 0.4) is 0 Å². The van der Waals surface area contributed by atoms with Crippen LogP contribution in [0.2, 0.25) is 0 Å². The lowest BCUT2D eigenvalue weighted by Crippen LogP contribution is -2.50. The van der Waals surface area contributed by atoms with E-state index in [9.17, 15) is 27.6 Å². The number of ether oxygens (including phenoxy) is 1. The molecule has 0 bridgehead atoms. The minimum atomic E-state index is -4.78. The molecule has 0 aliphatic carbocycles. The van der Waals surface area contributed by atoms with Crippen LogP contribution in [0.15, 0.2) is 91.3 Å². The van der Waals surface area contributed by atoms with Crippen molar-refractivity contribution in [2.75, 3.05) is 31.5 Å². The lowest BCUT2D eigenvalue weighted by atomic mass is 9.91. The highest BCUT2D eigenvalue weighted by Gasteiger charge is 2.35. The Balaban J connectivity index is 0.827. The normalized spacial score (nSPS) is 15.1. The van der Waals surface area contributed by atoms with E-state index in [0.29, 0.717) is 84.7 Å². The maximum Gasteiger partial charge on any atom is 0.573 e. The van der Waals surface area contributed by atoms with Crippen LogP contribution in [-0.2, 0) is 6.42 Å². The molecule has 6 aromatic rings. The lowest BCUT2D eigenvalue weighted by Gasteiger charge is -2.39. The molecule has 2 fully saturated rings. The van der Waals surface area contributed by atoms with E-state index < -0.39 is 6.36 Å². The first-order valence-corrected chi connectivity index (χ1v) is 18.6. The van der Waals surface area contributed by atoms with Gasteiger partial charge in [0.15, 0.2) is 5.65 Å². The van der Waals surface area contributed by atoms with Crippen LogP contribution in [0.1, 0.15) is 66.9 Å². The molecule has 0 radical (unpaired) electrons. The molecule has 2 aliphatic heterocycles. The first-order valence-electron chi connectivity index (χ1n) is 18.6. The number of carbonyl (C=O) groups excluding carboxylic acids is 3. The fourth-order valence-electron chi connectivity index (χ4n) is 7.50. The van der Waals surface area contributed by atoms with Crippen LogP contribution in [0, 0.1) is 19.8 Å². The number of fused-ring (bicyclic) bond motifs is 1. The molecular formula is C41H38F3N9O4. The zero-order chi connectivity index (χ0) is 39.8. The predicted molar refractivity (Wildman–Crippen MR) is 203 cm³/mol. The summed E-state index contributed by atoms with van der Waals surface area (Å²) < 4.78 is 46.2. The van der Waals surface area contributed by atoms with Crippen LogP contribution in [0.5, 0.6) is 5.75 Å². The highest BCUT2D eigenvalue weighted by Crippen LogP contribution is 2.31. The number of piperidine rings is 1. The van der Waals surface area contributed by atoms with Crippen LogP contribution < -0.4 is 10.1 Å². The molecule has 1 N–H and O–H groups in total. The quantitative estimate of drug-likeness (QED) is 0.175. The van der Waals surface area contributed by atoms with Crippen molar-refractivity contribution >= 4 is 29.1 Å². The first kappa shape index (κ1) is 37.3. The Morgan fingerprint density at radius 2 is 1.58 bits per heavy atom. The number of para-hydroxylation sites is 1. The summed E-state index contributed by atoms with van der Waals surface area (Å²) in [5.41, 5.74) is 5.93. The monoisotopic (exact) mass is 777 g/mol. The standard InChI is InChI=1S/C41H38F3N9O4/c1-25-18-26(2)53-37(46-25)34(21-45-53)38(54)47-32-12-10-28(11-13-32)35-24-52(49-48-35)33-14-16-50(17-15-33)39(55)30-7-5-8-31(20-30)40(56)51-22-27(23-51)19-29-6-3-4-9-36(29)57-41(42,43)44/h3-13,18,20-21,24,27,33H,14-17,19,22-23H2,1-2H3,(H,47,54). The van der Waals surface area contributed by atoms with Gasteiger partial charge in [0.05, 0.1) is 18.4 Å². The number of halogens is 3. The number of alkyl halides is 3. The summed E-state index contributed by atoms with van der Waals surface area (Å²) in [6.07, 6.45) is 0.297. The number of aromatic nitrogens is 6. The Labute approximate surface area is 325 Å². The molecule has 8 rings (SSSR count). The van der Waals surface area contributed by atoms with Crippen molar-refractivity contribution in [1.82, 2.24) is 39.4 Å². The number of amides is 3. The van der Waals surface area contributed by atoms with Crippen LogP contribution in [0.25, 0.3) is 16.9 Å². The molecule has 0 unspecified atom stereocenters. The molecule has 0 spiro atoms. The molecule has 3 aromatic carbocycles. The third-order valence-corrected chi connectivity index (χ3v) is 10.4. The minimum Gasteiger partial charge on any atom is -0.406 e. The maximum absolute atomic E-state index is 13.5. The third-order valence-electron chi connectivity index (χ3n) is 10.4. The number of carbonyl (C=O) groups is 3. The smallest absolute Gasteiger partial charge is 0.406 e. The zero-order valence-electron chi connectivity index (χ0n) is 31.1. The molecule has 0 saturated carbocycles. The number of nitrogens with zero attached hydrogens (tertiary/aromatic N) is 8. The summed E-state index contributed by atoms with van der Waals surface area (Å²) in [6.45, 7) is 5.56. The van der Waals surface area contributed by atoms with Gasteiger partial charge in [0.25, 0.3) is 17.7 Å². The van der Waals surface area contributed by atoms with Crippen molar-refractivity contribution in [3.05, 3.63) is 125 Å². The number of benzene rings is 3. The Bertz CT molecular complexity index is 2470. The highest BCUT2D eigenvalue weighted by molar-refractivity contribution is 6.08. The number of anilines is 1. The summed E-state index contributed by atoms with van der Waals surface area (Å²) in [5, 5.41) is 16.0. The SMILES string of the molecule is Cc1cc(C)n2ncc(C(=O)Nc3ccc(-c4cn(C5CCN(C(=O)c6cccc(C(=O)N7CC(Cc8ccccc8OC(F)(F)F)C7)c6)CC5)nn4)cc3)c2n1. The van der Waals surface area contributed by atoms with Crippen molar-refractivity contribution in [2.45, 2.75) is 45.5 Å². The first-order chi connectivity index (χ1) is 27.4. The van der Waals surface area contributed by atoms with Gasteiger partial charge in [0.2, 0.25) is 0 Å². The summed E-state index contributed by atoms with van der Waals surface area (Å²) in [4.78, 5) is 47.8. The molecule has 2 saturated heterocycles. The highest BCUT2D eigenvalue weighted by atomic mass is 19.4. The molecule has 5 heterocycles. The Morgan fingerprint density at radius 1 is 0.877 bits per heavy atom. The van der Waals surface area contributed by atoms with Crippen molar-refractivity contribution < 1.29 is 32.3 Å². The molecule has 2 aliphatic rings. The second-order valence-corrected chi connectivity index (χ2v) is 14.5. The van der Waals surface area contributed by atoms with Gasteiger partial charge >= 0.3 is 6.36 Å². The van der Waals surface area contributed by atoms with Crippen LogP contribution in [-0.4, -0.2) is 89.7 Å². The van der Waals surface area contributed by atoms with Crippen molar-refractivity contribution in [3.63, 3.8) is 0 Å². The van der Waals surface area contributed by atoms with Gasteiger partial charge in [-0.05, 0) is 87.1 Å². The number of rotatable bonds is 9. The van der Waals surface area contributed by atoms with Gasteiger partial charge in [-0.2, -0.15) is 5.10 Å². The molecule has 13 nitrogen and oxygen atoms in total. The van der Waals surface area contributed by atoms with Crippen LogP contribution >= 0.6 is 0 Å². The lowest BCUT2D eigenvalue weighted by molar-refractivity contribution is -0.275. The largest absolute Gasteiger partial charge is 0.573 e. The second-order valence-electron chi connectivity index (χ2n) is 14.5. The van der Waals surface area contributed by atoms with E-state index >= 15 is 0 Å². The number of hydrogen-bond acceptors (Lipinski definition) is 8. The number of aryl methyl sites for hydroxylation is 2. The second kappa shape index (κ2) is 15.2. The van der Waals surface area contributed by atoms with Crippen LogP contribution in [0.4, 0.5) is 18.9 Å². The van der Waals surface area contributed by atoms with E-state index in [1.54, 1.807) is 62.8 Å². The van der Waals surface area contributed by atoms with Gasteiger partial charge < -0.3 is 19.9 Å². The van der Waals surface area contributed by atoms with Gasteiger partial charge in [-0.1, -0.05) is 41.6 Å². The molecule has 57 heavy (non-hydrogen) atoms. The van der Waals surface area contributed by atoms with Crippen molar-refractivity contribution in [3.8, 4) is 17.0 Å². The minimum absolute atomic E-state index is 0.0124. The fourth-order valence-corrected chi connectivity index (χ4v) is 7.50. The van der Waals surface area contributed by atoms with Gasteiger partial charge in [-0.15, -0.1) is 18.3 Å². The van der Waals surface area contributed by atoms with Gasteiger partial charge in [0, 0.05) is 59.9 Å². The predicted octanol–water partition coefficient (Wildman–Crippen LogP) is 6.55. The van der Waals surface area contributed by atoms with Gasteiger partial charge in [-0.3, -0.25) is 14.4 Å². The van der Waals surface area contributed by atoms with E-state index in [1.807, 2.05) is 42.9 Å². The van der Waals surface area contributed by atoms with E-state index in [0.717, 1.165) is 17.0 Å².